The Bertz CT molecular complexity index is 601. The molecule has 1 aliphatic carbocycles. The van der Waals surface area contributed by atoms with Crippen LogP contribution in [-0.2, 0) is 6.42 Å². The largest absolute Gasteiger partial charge is 0.386 e. The summed E-state index contributed by atoms with van der Waals surface area (Å²) in [5.41, 5.74) is 5.71. The average Bonchev–Trinajstić information content (AvgIpc) is 2.83. The third-order valence-corrected chi connectivity index (χ3v) is 4.17. The highest BCUT2D eigenvalue weighted by atomic mass is 16.3. The summed E-state index contributed by atoms with van der Waals surface area (Å²) in [5.74, 6) is 0. The molecule has 3 heteroatoms. The molecule has 0 saturated heterocycles. The molecule has 3 rings (SSSR count). The maximum atomic E-state index is 10.5. The van der Waals surface area contributed by atoms with Crippen molar-refractivity contribution < 1.29 is 5.11 Å². The molecular weight excluding hydrogens is 224 g/mol. The number of aliphatic hydroxyl groups is 1. The van der Waals surface area contributed by atoms with Gasteiger partial charge in [-0.3, -0.25) is 4.68 Å². The molecule has 1 heterocycles. The molecule has 0 radical (unpaired) electrons. The minimum absolute atomic E-state index is 0.0369. The van der Waals surface area contributed by atoms with Gasteiger partial charge in [-0.25, -0.2) is 0 Å². The molecule has 2 unspecified atom stereocenters. The van der Waals surface area contributed by atoms with Crippen LogP contribution in [0.1, 0.15) is 40.2 Å². The molecule has 1 aromatic heterocycles. The lowest BCUT2D eigenvalue weighted by Gasteiger charge is -2.17. The lowest BCUT2D eigenvalue weighted by molar-refractivity contribution is 0.119. The van der Waals surface area contributed by atoms with Crippen LogP contribution < -0.4 is 0 Å². The molecule has 0 saturated carbocycles. The van der Waals surface area contributed by atoms with E-state index in [0.29, 0.717) is 0 Å². The van der Waals surface area contributed by atoms with E-state index in [0.717, 1.165) is 23.4 Å². The van der Waals surface area contributed by atoms with Gasteiger partial charge in [0, 0.05) is 5.69 Å². The molecule has 0 amide bonds. The zero-order valence-corrected chi connectivity index (χ0v) is 11.0. The monoisotopic (exact) mass is 242 g/mol. The fraction of sp³-hybridized carbons (Fsp3) is 0.400. The number of hydrogen-bond acceptors (Lipinski definition) is 2. The first-order chi connectivity index (χ1) is 8.59. The van der Waals surface area contributed by atoms with Crippen LogP contribution >= 0.6 is 0 Å². The van der Waals surface area contributed by atoms with Gasteiger partial charge in [-0.1, -0.05) is 24.3 Å². The smallest absolute Gasteiger partial charge is 0.102 e. The standard InChI is InChI=1S/C15H18N2O/c1-9-10(2)16-17(11(9)3)14-8-12-6-4-5-7-13(12)15(14)18/h4-7,14-15,18H,8H2,1-3H3. The summed E-state index contributed by atoms with van der Waals surface area (Å²) in [4.78, 5) is 0. The Hall–Kier alpha value is -1.61. The molecular formula is C15H18N2O. The molecule has 0 fully saturated rings. The fourth-order valence-electron chi connectivity index (χ4n) is 2.84. The number of aryl methyl sites for hydroxylation is 1. The van der Waals surface area contributed by atoms with E-state index in [2.05, 4.69) is 25.0 Å². The maximum Gasteiger partial charge on any atom is 0.102 e. The SMILES string of the molecule is Cc1nn(C2Cc3ccccc3C2O)c(C)c1C. The minimum atomic E-state index is -0.446. The summed E-state index contributed by atoms with van der Waals surface area (Å²) in [5, 5.41) is 15.0. The van der Waals surface area contributed by atoms with Crippen molar-refractivity contribution in [2.45, 2.75) is 39.3 Å². The molecule has 0 aliphatic heterocycles. The molecule has 18 heavy (non-hydrogen) atoms. The van der Waals surface area contributed by atoms with E-state index in [1.54, 1.807) is 0 Å². The van der Waals surface area contributed by atoms with Crippen LogP contribution in [0, 0.1) is 20.8 Å². The van der Waals surface area contributed by atoms with E-state index in [1.807, 2.05) is 29.8 Å². The highest BCUT2D eigenvalue weighted by Crippen LogP contribution is 2.39. The first-order valence-electron chi connectivity index (χ1n) is 6.37. The second kappa shape index (κ2) is 3.95. The Morgan fingerprint density at radius 3 is 2.56 bits per heavy atom. The van der Waals surface area contributed by atoms with Gasteiger partial charge in [0.25, 0.3) is 0 Å². The van der Waals surface area contributed by atoms with Crippen molar-refractivity contribution in [3.8, 4) is 0 Å². The molecule has 94 valence electrons. The van der Waals surface area contributed by atoms with Crippen LogP contribution in [-0.4, -0.2) is 14.9 Å². The zero-order valence-electron chi connectivity index (χ0n) is 11.0. The summed E-state index contributed by atoms with van der Waals surface area (Å²) < 4.78 is 2.00. The highest BCUT2D eigenvalue weighted by molar-refractivity contribution is 5.36. The molecule has 2 atom stereocenters. The number of nitrogens with zero attached hydrogens (tertiary/aromatic N) is 2. The van der Waals surface area contributed by atoms with Gasteiger partial charge in [0.15, 0.2) is 0 Å². The zero-order chi connectivity index (χ0) is 12.9. The van der Waals surface area contributed by atoms with Crippen molar-refractivity contribution >= 4 is 0 Å². The van der Waals surface area contributed by atoms with Crippen molar-refractivity contribution in [2.24, 2.45) is 0 Å². The van der Waals surface area contributed by atoms with Gasteiger partial charge in [0.2, 0.25) is 0 Å². The quantitative estimate of drug-likeness (QED) is 0.834. The fourth-order valence-corrected chi connectivity index (χ4v) is 2.84. The van der Waals surface area contributed by atoms with Gasteiger partial charge >= 0.3 is 0 Å². The van der Waals surface area contributed by atoms with E-state index < -0.39 is 6.10 Å². The van der Waals surface area contributed by atoms with Crippen LogP contribution in [0.3, 0.4) is 0 Å². The Balaban J connectivity index is 2.04. The number of aromatic nitrogens is 2. The van der Waals surface area contributed by atoms with E-state index >= 15 is 0 Å². The van der Waals surface area contributed by atoms with Gasteiger partial charge in [0.1, 0.15) is 6.10 Å². The predicted molar refractivity (Wildman–Crippen MR) is 70.6 cm³/mol. The Kier molecular flexibility index (Phi) is 2.52. The molecule has 1 N–H and O–H groups in total. The number of rotatable bonds is 1. The van der Waals surface area contributed by atoms with Crippen LogP contribution in [0.2, 0.25) is 0 Å². The summed E-state index contributed by atoms with van der Waals surface area (Å²) in [6.45, 7) is 6.18. The summed E-state index contributed by atoms with van der Waals surface area (Å²) in [6, 6.07) is 8.15. The Morgan fingerprint density at radius 2 is 1.94 bits per heavy atom. The van der Waals surface area contributed by atoms with E-state index in [9.17, 15) is 5.11 Å². The van der Waals surface area contributed by atoms with Gasteiger partial charge in [-0.2, -0.15) is 5.10 Å². The number of benzene rings is 1. The number of fused-ring (bicyclic) bond motifs is 1. The van der Waals surface area contributed by atoms with Crippen molar-refractivity contribution in [3.63, 3.8) is 0 Å². The third kappa shape index (κ3) is 1.51. The van der Waals surface area contributed by atoms with Crippen LogP contribution in [0.25, 0.3) is 0 Å². The summed E-state index contributed by atoms with van der Waals surface area (Å²) in [6.07, 6.45) is 0.414. The van der Waals surface area contributed by atoms with E-state index in [1.165, 1.54) is 11.1 Å². The lowest BCUT2D eigenvalue weighted by Crippen LogP contribution is -2.16. The van der Waals surface area contributed by atoms with Crippen molar-refractivity contribution in [1.29, 1.82) is 0 Å². The van der Waals surface area contributed by atoms with Crippen molar-refractivity contribution in [3.05, 3.63) is 52.3 Å². The lowest BCUT2D eigenvalue weighted by atomic mass is 10.1. The molecule has 1 aliphatic rings. The summed E-state index contributed by atoms with van der Waals surface area (Å²) >= 11 is 0. The summed E-state index contributed by atoms with van der Waals surface area (Å²) in [7, 11) is 0. The second-order valence-corrected chi connectivity index (χ2v) is 5.16. The van der Waals surface area contributed by atoms with Crippen LogP contribution in [0.5, 0.6) is 0 Å². The number of aliphatic hydroxyl groups excluding tert-OH is 1. The van der Waals surface area contributed by atoms with Gasteiger partial charge in [0.05, 0.1) is 11.7 Å². The molecule has 1 aromatic carbocycles. The van der Waals surface area contributed by atoms with Gasteiger partial charge in [-0.05, 0) is 43.9 Å². The Morgan fingerprint density at radius 1 is 1.22 bits per heavy atom. The third-order valence-electron chi connectivity index (χ3n) is 4.17. The normalized spacial score (nSPS) is 22.2. The van der Waals surface area contributed by atoms with Crippen molar-refractivity contribution in [2.75, 3.05) is 0 Å². The molecule has 2 aromatic rings. The Labute approximate surface area is 107 Å². The van der Waals surface area contributed by atoms with Crippen molar-refractivity contribution in [1.82, 2.24) is 9.78 Å². The first-order valence-corrected chi connectivity index (χ1v) is 6.37. The minimum Gasteiger partial charge on any atom is -0.386 e. The topological polar surface area (TPSA) is 38.0 Å². The van der Waals surface area contributed by atoms with E-state index in [4.69, 9.17) is 0 Å². The molecule has 3 nitrogen and oxygen atoms in total. The maximum absolute atomic E-state index is 10.5. The predicted octanol–water partition coefficient (Wildman–Crippen LogP) is 2.64. The second-order valence-electron chi connectivity index (χ2n) is 5.16. The van der Waals surface area contributed by atoms with Crippen LogP contribution in [0.4, 0.5) is 0 Å². The highest BCUT2D eigenvalue weighted by Gasteiger charge is 2.33. The van der Waals surface area contributed by atoms with Gasteiger partial charge < -0.3 is 5.11 Å². The van der Waals surface area contributed by atoms with Gasteiger partial charge in [-0.15, -0.1) is 0 Å². The molecule has 0 spiro atoms. The average molecular weight is 242 g/mol. The first kappa shape index (κ1) is 11.5. The van der Waals surface area contributed by atoms with Crippen LogP contribution in [0.15, 0.2) is 24.3 Å². The molecule has 0 bridgehead atoms. The van der Waals surface area contributed by atoms with E-state index in [-0.39, 0.29) is 6.04 Å². The number of hydrogen-bond donors (Lipinski definition) is 1.